The van der Waals surface area contributed by atoms with Crippen LogP contribution in [-0.2, 0) is 32.7 Å². The number of benzene rings is 1. The molecule has 2 rings (SSSR count). The third kappa shape index (κ3) is 3.13. The molecule has 2 heteroatoms. The molecule has 0 nitrogen and oxygen atoms in total. The number of hydrogen-bond acceptors (Lipinski definition) is 0. The van der Waals surface area contributed by atoms with Crippen molar-refractivity contribution in [3.05, 3.63) is 42.1 Å². The molecule has 1 fully saturated rings. The van der Waals surface area contributed by atoms with Crippen LogP contribution in [-0.4, -0.2) is 0 Å². The molecule has 0 aromatic heterocycles. The first-order valence-electron chi connectivity index (χ1n) is 4.93. The Morgan fingerprint density at radius 1 is 1.07 bits per heavy atom. The van der Waals surface area contributed by atoms with E-state index >= 15 is 0 Å². The first-order valence-corrected chi connectivity index (χ1v) is 4.93. The molecule has 0 saturated heterocycles. The van der Waals surface area contributed by atoms with Gasteiger partial charge in [-0.2, -0.15) is 12.8 Å². The van der Waals surface area contributed by atoms with E-state index in [-0.39, 0.29) is 38.5 Å². The largest absolute Gasteiger partial charge is 0.328 e. The van der Waals surface area contributed by atoms with Crippen LogP contribution >= 0.6 is 0 Å². The molecule has 14 heavy (non-hydrogen) atoms. The Hall–Kier alpha value is 0.254. The van der Waals surface area contributed by atoms with Gasteiger partial charge in [-0.25, -0.2) is 4.39 Å². The molecule has 0 aliphatic heterocycles. The van der Waals surface area contributed by atoms with Crippen LogP contribution in [0.5, 0.6) is 0 Å². The van der Waals surface area contributed by atoms with Gasteiger partial charge in [-0.1, -0.05) is 25.0 Å². The molecule has 0 atom stereocenters. The minimum Gasteiger partial charge on any atom is -0.328 e. The quantitative estimate of drug-likeness (QED) is 0.680. The van der Waals surface area contributed by atoms with Gasteiger partial charge in [0.2, 0.25) is 0 Å². The molecule has 0 spiro atoms. The Bertz CT molecular complexity index is 262. The van der Waals surface area contributed by atoms with Gasteiger partial charge in [0.25, 0.3) is 0 Å². The normalized spacial score (nSPS) is 17.5. The second-order valence-corrected chi connectivity index (χ2v) is 3.69. The molecule has 0 N–H and O–H groups in total. The second kappa shape index (κ2) is 5.97. The summed E-state index contributed by atoms with van der Waals surface area (Å²) in [6, 6.07) is 6.97. The van der Waals surface area contributed by atoms with Gasteiger partial charge >= 0.3 is 0 Å². The fourth-order valence-electron chi connectivity index (χ4n) is 2.00. The molecule has 1 radical (unpaired) electrons. The molecule has 1 aliphatic rings. The average Bonchev–Trinajstić information content (AvgIpc) is 2.20. The van der Waals surface area contributed by atoms with Gasteiger partial charge in [0, 0.05) is 32.7 Å². The molecule has 1 saturated carbocycles. The summed E-state index contributed by atoms with van der Waals surface area (Å²) in [7, 11) is 0. The number of hydrogen-bond donors (Lipinski definition) is 0. The van der Waals surface area contributed by atoms with E-state index in [0.29, 0.717) is 5.92 Å². The number of halogens is 1. The Labute approximate surface area is 110 Å². The topological polar surface area (TPSA) is 0 Å². The summed E-state index contributed by atoms with van der Waals surface area (Å²) in [5.74, 6) is 0.525. The smallest absolute Gasteiger partial charge is 0.123 e. The minimum absolute atomic E-state index is 0. The van der Waals surface area contributed by atoms with Crippen molar-refractivity contribution >= 4 is 0 Å². The van der Waals surface area contributed by atoms with Crippen LogP contribution in [0.2, 0.25) is 0 Å². The standard InChI is InChI=1S/C12H14F.Y/c13-12-8-6-11(7-9-12)10-4-2-1-3-5-10;/h1,6-10H,2-5H2;/q-1;. The predicted octanol–water partition coefficient (Wildman–Crippen LogP) is 3.69. The van der Waals surface area contributed by atoms with Gasteiger partial charge in [-0.3, -0.25) is 0 Å². The van der Waals surface area contributed by atoms with Crippen molar-refractivity contribution in [2.45, 2.75) is 31.6 Å². The molecule has 1 aromatic carbocycles. The van der Waals surface area contributed by atoms with E-state index in [2.05, 4.69) is 6.42 Å². The molecule has 0 bridgehead atoms. The van der Waals surface area contributed by atoms with Gasteiger partial charge in [-0.05, 0) is 23.6 Å². The van der Waals surface area contributed by atoms with Gasteiger partial charge < -0.3 is 6.42 Å². The summed E-state index contributed by atoms with van der Waals surface area (Å²) in [5, 5.41) is 0. The molecule has 1 aromatic rings. The van der Waals surface area contributed by atoms with Gasteiger partial charge in [0.05, 0.1) is 0 Å². The summed E-state index contributed by atoms with van der Waals surface area (Å²) in [5.41, 5.74) is 1.30. The summed E-state index contributed by atoms with van der Waals surface area (Å²) < 4.78 is 12.6. The zero-order valence-electron chi connectivity index (χ0n) is 8.25. The van der Waals surface area contributed by atoms with Crippen LogP contribution in [0, 0.1) is 12.2 Å². The third-order valence-electron chi connectivity index (χ3n) is 2.78. The van der Waals surface area contributed by atoms with Crippen LogP contribution in [0.25, 0.3) is 0 Å². The molecule has 0 heterocycles. The van der Waals surface area contributed by atoms with Crippen LogP contribution in [0.15, 0.2) is 24.3 Å². The van der Waals surface area contributed by atoms with E-state index in [9.17, 15) is 4.39 Å². The molecule has 0 amide bonds. The molecule has 73 valence electrons. The summed E-state index contributed by atoms with van der Waals surface area (Å²) in [6.45, 7) is 0. The zero-order valence-corrected chi connectivity index (χ0v) is 11.1. The van der Waals surface area contributed by atoms with Crippen LogP contribution in [0.1, 0.15) is 37.2 Å². The molecule has 1 aliphatic carbocycles. The Balaban J connectivity index is 0.000000980. The van der Waals surface area contributed by atoms with E-state index in [4.69, 9.17) is 0 Å². The van der Waals surface area contributed by atoms with E-state index in [1.807, 2.05) is 12.1 Å². The Kier molecular flexibility index (Phi) is 5.26. The van der Waals surface area contributed by atoms with Crippen molar-refractivity contribution in [3.63, 3.8) is 0 Å². The van der Waals surface area contributed by atoms with Crippen LogP contribution in [0.4, 0.5) is 4.39 Å². The molecule has 0 unspecified atom stereocenters. The minimum atomic E-state index is -0.133. The third-order valence-corrected chi connectivity index (χ3v) is 2.78. The fourth-order valence-corrected chi connectivity index (χ4v) is 2.00. The summed E-state index contributed by atoms with van der Waals surface area (Å²) in [6.07, 6.45) is 7.22. The Morgan fingerprint density at radius 3 is 2.21 bits per heavy atom. The van der Waals surface area contributed by atoms with Crippen LogP contribution < -0.4 is 0 Å². The van der Waals surface area contributed by atoms with Crippen molar-refractivity contribution in [1.29, 1.82) is 0 Å². The van der Waals surface area contributed by atoms with Gasteiger partial charge in [-0.15, -0.1) is 0 Å². The van der Waals surface area contributed by atoms with Crippen molar-refractivity contribution in [2.75, 3.05) is 0 Å². The van der Waals surface area contributed by atoms with E-state index in [1.54, 1.807) is 12.1 Å². The SMILES string of the molecule is Fc1ccc(C2CC[CH-]CC2)cc1.[Y]. The van der Waals surface area contributed by atoms with Crippen LogP contribution in [0.3, 0.4) is 0 Å². The summed E-state index contributed by atoms with van der Waals surface area (Å²) >= 11 is 0. The zero-order chi connectivity index (χ0) is 9.10. The summed E-state index contributed by atoms with van der Waals surface area (Å²) in [4.78, 5) is 0. The predicted molar refractivity (Wildman–Crippen MR) is 51.9 cm³/mol. The second-order valence-electron chi connectivity index (χ2n) is 3.69. The maximum atomic E-state index is 12.6. The maximum Gasteiger partial charge on any atom is 0.123 e. The van der Waals surface area contributed by atoms with E-state index < -0.39 is 0 Å². The Morgan fingerprint density at radius 2 is 1.64 bits per heavy atom. The maximum absolute atomic E-state index is 12.6. The molecular weight excluding hydrogens is 252 g/mol. The van der Waals surface area contributed by atoms with Gasteiger partial charge in [0.1, 0.15) is 5.82 Å². The number of rotatable bonds is 1. The average molecular weight is 266 g/mol. The first kappa shape index (κ1) is 12.3. The monoisotopic (exact) mass is 266 g/mol. The van der Waals surface area contributed by atoms with Crippen molar-refractivity contribution < 1.29 is 37.1 Å². The fraction of sp³-hybridized carbons (Fsp3) is 0.417. The van der Waals surface area contributed by atoms with Crippen molar-refractivity contribution in [3.8, 4) is 0 Å². The van der Waals surface area contributed by atoms with Crippen molar-refractivity contribution in [1.82, 2.24) is 0 Å². The van der Waals surface area contributed by atoms with E-state index in [1.165, 1.54) is 31.2 Å². The van der Waals surface area contributed by atoms with Gasteiger partial charge in [0.15, 0.2) is 0 Å². The molecular formula is C12H14FY-. The van der Waals surface area contributed by atoms with E-state index in [0.717, 1.165) is 0 Å². The van der Waals surface area contributed by atoms with Crippen molar-refractivity contribution in [2.24, 2.45) is 0 Å². The first-order chi connectivity index (χ1) is 6.36.